The minimum absolute atomic E-state index is 0.182. The highest BCUT2D eigenvalue weighted by molar-refractivity contribution is 5.70. The number of hydrogen-bond acceptors (Lipinski definition) is 2. The minimum atomic E-state index is -0.182. The molecule has 2 aliphatic heterocycles. The second-order valence-corrected chi connectivity index (χ2v) is 4.90. The first-order chi connectivity index (χ1) is 8.84. The minimum Gasteiger partial charge on any atom is -0.445 e. The third-order valence-corrected chi connectivity index (χ3v) is 3.69. The number of rotatable bonds is 2. The van der Waals surface area contributed by atoms with Gasteiger partial charge in [-0.25, -0.2) is 4.79 Å². The van der Waals surface area contributed by atoms with Gasteiger partial charge in [0.25, 0.3) is 0 Å². The van der Waals surface area contributed by atoms with Crippen molar-refractivity contribution in [3.63, 3.8) is 0 Å². The zero-order valence-corrected chi connectivity index (χ0v) is 10.3. The van der Waals surface area contributed by atoms with Crippen molar-refractivity contribution < 1.29 is 9.53 Å². The lowest BCUT2D eigenvalue weighted by molar-refractivity contribution is 0.0700. The van der Waals surface area contributed by atoms with Crippen molar-refractivity contribution in [3.8, 4) is 0 Å². The zero-order valence-electron chi connectivity index (χ0n) is 10.3. The molecule has 0 radical (unpaired) electrons. The Bertz CT molecular complexity index is 441. The molecular formula is C15H17NO2. The highest BCUT2D eigenvalue weighted by Crippen LogP contribution is 2.30. The maximum atomic E-state index is 12.1. The molecule has 0 N–H and O–H groups in total. The van der Waals surface area contributed by atoms with Gasteiger partial charge in [-0.2, -0.15) is 0 Å². The Hall–Kier alpha value is -1.77. The van der Waals surface area contributed by atoms with Crippen LogP contribution < -0.4 is 0 Å². The number of carbonyl (C=O) groups is 1. The average Bonchev–Trinajstić information content (AvgIpc) is 2.67. The molecule has 2 aliphatic rings. The van der Waals surface area contributed by atoms with E-state index in [1.807, 2.05) is 35.2 Å². The van der Waals surface area contributed by atoms with Crippen molar-refractivity contribution in [2.45, 2.75) is 38.0 Å². The summed E-state index contributed by atoms with van der Waals surface area (Å²) in [5.41, 5.74) is 1.03. The van der Waals surface area contributed by atoms with Gasteiger partial charge in [-0.15, -0.1) is 0 Å². The van der Waals surface area contributed by atoms with E-state index in [-0.39, 0.29) is 18.2 Å². The van der Waals surface area contributed by atoms with Gasteiger partial charge in [-0.1, -0.05) is 42.5 Å². The van der Waals surface area contributed by atoms with E-state index in [0.717, 1.165) is 18.4 Å². The van der Waals surface area contributed by atoms with E-state index in [9.17, 15) is 4.79 Å². The number of amides is 1. The lowest BCUT2D eigenvalue weighted by Crippen LogP contribution is -2.44. The second kappa shape index (κ2) is 4.84. The van der Waals surface area contributed by atoms with Crippen LogP contribution in [0.4, 0.5) is 4.79 Å². The molecule has 3 heteroatoms. The molecule has 1 saturated heterocycles. The van der Waals surface area contributed by atoms with Gasteiger partial charge in [-0.3, -0.25) is 4.90 Å². The number of benzene rings is 1. The largest absolute Gasteiger partial charge is 0.445 e. The molecule has 0 aromatic heterocycles. The van der Waals surface area contributed by atoms with Crippen LogP contribution in [0.2, 0.25) is 0 Å². The van der Waals surface area contributed by atoms with E-state index >= 15 is 0 Å². The van der Waals surface area contributed by atoms with Crippen molar-refractivity contribution in [2.75, 3.05) is 0 Å². The fourth-order valence-corrected chi connectivity index (χ4v) is 2.76. The highest BCUT2D eigenvalue weighted by Gasteiger charge is 2.36. The van der Waals surface area contributed by atoms with E-state index in [2.05, 4.69) is 12.2 Å². The van der Waals surface area contributed by atoms with Crippen LogP contribution in [0, 0.1) is 0 Å². The molecule has 2 atom stereocenters. The lowest BCUT2D eigenvalue weighted by Gasteiger charge is -2.33. The van der Waals surface area contributed by atoms with Gasteiger partial charge in [0.15, 0.2) is 0 Å². The Morgan fingerprint density at radius 3 is 2.50 bits per heavy atom. The third kappa shape index (κ3) is 2.13. The Kier molecular flexibility index (Phi) is 3.05. The number of ether oxygens (including phenoxy) is 1. The van der Waals surface area contributed by atoms with E-state index in [1.54, 1.807) is 0 Å². The monoisotopic (exact) mass is 243 g/mol. The second-order valence-electron chi connectivity index (χ2n) is 4.90. The fourth-order valence-electron chi connectivity index (χ4n) is 2.76. The normalized spacial score (nSPS) is 25.2. The Labute approximate surface area is 107 Å². The van der Waals surface area contributed by atoms with Crippen LogP contribution in [-0.4, -0.2) is 23.1 Å². The zero-order chi connectivity index (χ0) is 12.4. The topological polar surface area (TPSA) is 29.5 Å². The average molecular weight is 243 g/mol. The van der Waals surface area contributed by atoms with Crippen LogP contribution in [0.25, 0.3) is 0 Å². The molecule has 3 nitrogen and oxygen atoms in total. The van der Waals surface area contributed by atoms with Crippen LogP contribution in [0.3, 0.4) is 0 Å². The van der Waals surface area contributed by atoms with Gasteiger partial charge in [0.1, 0.15) is 6.61 Å². The number of carbonyl (C=O) groups excluding carboxylic acids is 1. The molecule has 0 saturated carbocycles. The first-order valence-corrected chi connectivity index (χ1v) is 6.52. The molecule has 1 amide bonds. The summed E-state index contributed by atoms with van der Waals surface area (Å²) in [4.78, 5) is 14.0. The first-order valence-electron chi connectivity index (χ1n) is 6.52. The molecule has 3 rings (SSSR count). The Morgan fingerprint density at radius 2 is 1.83 bits per heavy atom. The van der Waals surface area contributed by atoms with Gasteiger partial charge in [-0.05, 0) is 24.8 Å². The molecule has 94 valence electrons. The lowest BCUT2D eigenvalue weighted by atomic mass is 10.0. The van der Waals surface area contributed by atoms with E-state index < -0.39 is 0 Å². The summed E-state index contributed by atoms with van der Waals surface area (Å²) in [6, 6.07) is 10.3. The molecule has 18 heavy (non-hydrogen) atoms. The highest BCUT2D eigenvalue weighted by atomic mass is 16.6. The Balaban J connectivity index is 1.59. The summed E-state index contributed by atoms with van der Waals surface area (Å²) < 4.78 is 5.40. The van der Waals surface area contributed by atoms with Crippen molar-refractivity contribution >= 4 is 6.09 Å². The number of piperidine rings is 1. The van der Waals surface area contributed by atoms with Gasteiger partial charge in [0.2, 0.25) is 0 Å². The van der Waals surface area contributed by atoms with E-state index in [4.69, 9.17) is 4.74 Å². The smallest absolute Gasteiger partial charge is 0.411 e. The van der Waals surface area contributed by atoms with E-state index in [0.29, 0.717) is 6.61 Å². The van der Waals surface area contributed by atoms with Crippen molar-refractivity contribution in [1.82, 2.24) is 4.90 Å². The predicted octanol–water partition coefficient (Wildman–Crippen LogP) is 3.12. The van der Waals surface area contributed by atoms with Crippen LogP contribution in [0.5, 0.6) is 0 Å². The molecule has 1 fully saturated rings. The van der Waals surface area contributed by atoms with Gasteiger partial charge in [0.05, 0.1) is 12.1 Å². The quantitative estimate of drug-likeness (QED) is 0.747. The number of hydrogen-bond donors (Lipinski definition) is 0. The summed E-state index contributed by atoms with van der Waals surface area (Å²) in [5, 5.41) is 0. The first kappa shape index (κ1) is 11.3. The number of nitrogens with zero attached hydrogens (tertiary/aromatic N) is 1. The standard InChI is InChI=1S/C15H17NO2/c17-15(18-11-12-5-2-1-3-6-12)16-13-7-4-8-14(16)10-9-13/h1-3,5-6,9-10,13-14H,4,7-8,11H2/t13-,14+. The van der Waals surface area contributed by atoms with Crippen molar-refractivity contribution in [3.05, 3.63) is 48.0 Å². The molecule has 1 aromatic rings. The summed E-state index contributed by atoms with van der Waals surface area (Å²) >= 11 is 0. The Morgan fingerprint density at radius 1 is 1.17 bits per heavy atom. The summed E-state index contributed by atoms with van der Waals surface area (Å²) in [5.74, 6) is 0. The third-order valence-electron chi connectivity index (χ3n) is 3.69. The molecule has 1 aromatic carbocycles. The molecule has 0 aliphatic carbocycles. The maximum Gasteiger partial charge on any atom is 0.411 e. The molecule has 0 spiro atoms. The maximum absolute atomic E-state index is 12.1. The molecule has 2 heterocycles. The predicted molar refractivity (Wildman–Crippen MR) is 69.0 cm³/mol. The van der Waals surface area contributed by atoms with Gasteiger partial charge >= 0.3 is 6.09 Å². The van der Waals surface area contributed by atoms with Crippen LogP contribution in [0.1, 0.15) is 24.8 Å². The summed E-state index contributed by atoms with van der Waals surface area (Å²) in [7, 11) is 0. The fraction of sp³-hybridized carbons (Fsp3) is 0.400. The van der Waals surface area contributed by atoms with Crippen LogP contribution in [-0.2, 0) is 11.3 Å². The SMILES string of the molecule is O=C(OCc1ccccc1)N1[C@@H]2C=C[C@H]1CCC2. The number of fused-ring (bicyclic) bond motifs is 2. The van der Waals surface area contributed by atoms with Gasteiger partial charge < -0.3 is 4.74 Å². The van der Waals surface area contributed by atoms with Gasteiger partial charge in [0, 0.05) is 0 Å². The van der Waals surface area contributed by atoms with Crippen molar-refractivity contribution in [2.24, 2.45) is 0 Å². The summed E-state index contributed by atoms with van der Waals surface area (Å²) in [6.07, 6.45) is 7.42. The summed E-state index contributed by atoms with van der Waals surface area (Å²) in [6.45, 7) is 0.357. The van der Waals surface area contributed by atoms with E-state index in [1.165, 1.54) is 6.42 Å². The van der Waals surface area contributed by atoms with Crippen LogP contribution >= 0.6 is 0 Å². The van der Waals surface area contributed by atoms with Crippen LogP contribution in [0.15, 0.2) is 42.5 Å². The van der Waals surface area contributed by atoms with Crippen molar-refractivity contribution in [1.29, 1.82) is 0 Å². The molecule has 2 bridgehead atoms. The molecule has 0 unspecified atom stereocenters. The molecular weight excluding hydrogens is 226 g/mol.